The van der Waals surface area contributed by atoms with Gasteiger partial charge in [-0.05, 0) is 6.92 Å². The van der Waals surface area contributed by atoms with Gasteiger partial charge in [0.1, 0.15) is 11.8 Å². The van der Waals surface area contributed by atoms with Crippen molar-refractivity contribution in [3.05, 3.63) is 17.7 Å². The van der Waals surface area contributed by atoms with Gasteiger partial charge in [0.25, 0.3) is 0 Å². The number of esters is 1. The second-order valence-electron chi connectivity index (χ2n) is 4.79. The van der Waals surface area contributed by atoms with Crippen molar-refractivity contribution in [1.29, 1.82) is 0 Å². The maximum Gasteiger partial charge on any atom is 0.329 e. The highest BCUT2D eigenvalue weighted by molar-refractivity contribution is 5.87. The van der Waals surface area contributed by atoms with Crippen LogP contribution in [0.4, 0.5) is 0 Å². The number of carbonyl (C=O) groups excluding carboxylic acids is 3. The van der Waals surface area contributed by atoms with Gasteiger partial charge in [0.15, 0.2) is 0 Å². The molecule has 0 spiro atoms. The van der Waals surface area contributed by atoms with Gasteiger partial charge in [0.05, 0.1) is 31.4 Å². The molecule has 0 aliphatic carbocycles. The molecule has 20 heavy (non-hydrogen) atoms. The van der Waals surface area contributed by atoms with Crippen molar-refractivity contribution in [3.8, 4) is 0 Å². The zero-order chi connectivity index (χ0) is 14.7. The van der Waals surface area contributed by atoms with E-state index in [0.29, 0.717) is 6.42 Å². The molecule has 2 rings (SSSR count). The number of hydrogen-bond donors (Lipinski definition) is 1. The van der Waals surface area contributed by atoms with Crippen LogP contribution in [0.2, 0.25) is 0 Å². The molecule has 108 valence electrons. The van der Waals surface area contributed by atoms with E-state index in [2.05, 4.69) is 9.97 Å². The first-order chi connectivity index (χ1) is 9.52. The average Bonchev–Trinajstić information content (AvgIpc) is 2.89. The quantitative estimate of drug-likeness (QED) is 0.795. The smallest absolute Gasteiger partial charge is 0.329 e. The van der Waals surface area contributed by atoms with Gasteiger partial charge in [0.2, 0.25) is 5.91 Å². The molecule has 7 heteroatoms. The number of imidazole rings is 1. The Hall–Kier alpha value is -2.18. The first-order valence-corrected chi connectivity index (χ1v) is 6.40. The van der Waals surface area contributed by atoms with E-state index in [1.165, 1.54) is 18.9 Å². The fourth-order valence-corrected chi connectivity index (χ4v) is 2.27. The van der Waals surface area contributed by atoms with Gasteiger partial charge in [-0.1, -0.05) is 0 Å². The number of Topliss-reactive ketones (excluding diaryl/α,β-unsaturated/α-hetero) is 1. The Balaban J connectivity index is 2.17. The lowest BCUT2D eigenvalue weighted by Crippen LogP contribution is -2.49. The van der Waals surface area contributed by atoms with E-state index in [1.807, 2.05) is 0 Å². The number of hydrogen-bond acceptors (Lipinski definition) is 5. The Morgan fingerprint density at radius 3 is 2.85 bits per heavy atom. The van der Waals surface area contributed by atoms with Crippen molar-refractivity contribution >= 4 is 17.7 Å². The number of ketones is 1. The van der Waals surface area contributed by atoms with Crippen molar-refractivity contribution in [2.24, 2.45) is 0 Å². The Morgan fingerprint density at radius 1 is 1.45 bits per heavy atom. The van der Waals surface area contributed by atoms with E-state index in [4.69, 9.17) is 4.74 Å². The summed E-state index contributed by atoms with van der Waals surface area (Å²) >= 11 is 0. The normalized spacial score (nSPS) is 17.5. The fraction of sp³-hybridized carbons (Fsp3) is 0.538. The third kappa shape index (κ3) is 2.87. The van der Waals surface area contributed by atoms with Crippen molar-refractivity contribution < 1.29 is 19.1 Å². The first-order valence-electron chi connectivity index (χ1n) is 6.40. The Bertz CT molecular complexity index is 537. The highest BCUT2D eigenvalue weighted by Crippen LogP contribution is 2.22. The van der Waals surface area contributed by atoms with Crippen LogP contribution in [0.25, 0.3) is 0 Å². The van der Waals surface area contributed by atoms with Crippen molar-refractivity contribution in [1.82, 2.24) is 14.9 Å². The van der Waals surface area contributed by atoms with Gasteiger partial charge in [-0.3, -0.25) is 4.79 Å². The van der Waals surface area contributed by atoms with Gasteiger partial charge < -0.3 is 19.4 Å². The van der Waals surface area contributed by atoms with E-state index in [9.17, 15) is 14.4 Å². The van der Waals surface area contributed by atoms with Gasteiger partial charge in [0, 0.05) is 19.3 Å². The van der Waals surface area contributed by atoms with Crippen LogP contribution < -0.4 is 0 Å². The molecule has 1 N–H and O–H groups in total. The second kappa shape index (κ2) is 5.85. The molecule has 0 radical (unpaired) electrons. The highest BCUT2D eigenvalue weighted by atomic mass is 16.5. The summed E-state index contributed by atoms with van der Waals surface area (Å²) in [5.41, 5.74) is 1.59. The number of methoxy groups -OCH3 is 1. The molecule has 2 heterocycles. The number of nitrogens with one attached hydrogen (secondary N) is 1. The minimum atomic E-state index is -0.671. The monoisotopic (exact) mass is 279 g/mol. The van der Waals surface area contributed by atoms with Gasteiger partial charge in [-0.25, -0.2) is 9.78 Å². The number of aromatic nitrogens is 2. The minimum absolute atomic E-state index is 0.0489. The van der Waals surface area contributed by atoms with Crippen LogP contribution in [0.15, 0.2) is 6.33 Å². The number of H-pyrrole nitrogens is 1. The Labute approximate surface area is 116 Å². The molecule has 1 amide bonds. The van der Waals surface area contributed by atoms with Crippen molar-refractivity contribution in [2.45, 2.75) is 38.8 Å². The molecule has 1 unspecified atom stereocenters. The predicted molar refractivity (Wildman–Crippen MR) is 68.6 cm³/mol. The topological polar surface area (TPSA) is 92.4 Å². The third-order valence-electron chi connectivity index (χ3n) is 3.38. The summed E-state index contributed by atoms with van der Waals surface area (Å²) < 4.78 is 4.75. The number of fused-ring (bicyclic) bond motifs is 1. The van der Waals surface area contributed by atoms with Gasteiger partial charge >= 0.3 is 5.97 Å². The predicted octanol–water partition coefficient (Wildman–Crippen LogP) is 0.205. The number of carbonyl (C=O) groups is 3. The lowest BCUT2D eigenvalue weighted by Gasteiger charge is -2.33. The summed E-state index contributed by atoms with van der Waals surface area (Å²) in [4.78, 5) is 43.6. The maximum absolute atomic E-state index is 12.2. The molecule has 1 aliphatic rings. The van der Waals surface area contributed by atoms with Crippen LogP contribution >= 0.6 is 0 Å². The first kappa shape index (κ1) is 14.2. The minimum Gasteiger partial charge on any atom is -0.467 e. The third-order valence-corrected chi connectivity index (χ3v) is 3.38. The molecular formula is C13H17N3O4. The summed E-state index contributed by atoms with van der Waals surface area (Å²) in [6.07, 6.45) is 2.16. The number of rotatable bonds is 4. The molecule has 0 fully saturated rings. The van der Waals surface area contributed by atoms with Crippen LogP contribution in [0, 0.1) is 0 Å². The summed E-state index contributed by atoms with van der Waals surface area (Å²) in [6.45, 7) is 1.72. The van der Waals surface area contributed by atoms with Gasteiger partial charge in [-0.2, -0.15) is 0 Å². The van der Waals surface area contributed by atoms with Crippen LogP contribution in [0.3, 0.4) is 0 Å². The summed E-state index contributed by atoms with van der Waals surface area (Å²) in [5.74, 6) is -0.738. The molecule has 0 aromatic carbocycles. The molecular weight excluding hydrogens is 262 g/mol. The molecule has 1 aromatic rings. The number of aromatic amines is 1. The molecule has 0 bridgehead atoms. The maximum atomic E-state index is 12.2. The van der Waals surface area contributed by atoms with Crippen molar-refractivity contribution in [3.63, 3.8) is 0 Å². The van der Waals surface area contributed by atoms with E-state index < -0.39 is 12.0 Å². The van der Waals surface area contributed by atoms with Crippen LogP contribution in [-0.4, -0.2) is 45.7 Å². The molecule has 1 aliphatic heterocycles. The molecule has 0 saturated heterocycles. The average molecular weight is 279 g/mol. The zero-order valence-corrected chi connectivity index (χ0v) is 11.5. The zero-order valence-electron chi connectivity index (χ0n) is 11.5. The summed E-state index contributed by atoms with van der Waals surface area (Å²) in [5, 5.41) is 0. The molecule has 1 atom stereocenters. The lowest BCUT2D eigenvalue weighted by atomic mass is 10.0. The highest BCUT2D eigenvalue weighted by Gasteiger charge is 2.36. The van der Waals surface area contributed by atoms with E-state index in [0.717, 1.165) is 11.4 Å². The SMILES string of the molecule is COC(=O)C1Cc2nc[nH]c2CN1C(=O)CCC(C)=O. The largest absolute Gasteiger partial charge is 0.467 e. The summed E-state index contributed by atoms with van der Waals surface area (Å²) in [7, 11) is 1.29. The summed E-state index contributed by atoms with van der Waals surface area (Å²) in [6, 6.07) is -0.671. The number of amides is 1. The number of ether oxygens (including phenoxy) is 1. The van der Waals surface area contributed by atoms with Crippen molar-refractivity contribution in [2.75, 3.05) is 7.11 Å². The fourth-order valence-electron chi connectivity index (χ4n) is 2.27. The van der Waals surface area contributed by atoms with Gasteiger partial charge in [-0.15, -0.1) is 0 Å². The second-order valence-corrected chi connectivity index (χ2v) is 4.79. The molecule has 1 aromatic heterocycles. The number of nitrogens with zero attached hydrogens (tertiary/aromatic N) is 2. The van der Waals surface area contributed by atoms with E-state index in [1.54, 1.807) is 6.33 Å². The Morgan fingerprint density at radius 2 is 2.20 bits per heavy atom. The molecule has 7 nitrogen and oxygen atoms in total. The Kier molecular flexibility index (Phi) is 4.16. The molecule has 0 saturated carbocycles. The van der Waals surface area contributed by atoms with Crippen LogP contribution in [0.1, 0.15) is 31.2 Å². The van der Waals surface area contributed by atoms with Crippen LogP contribution in [-0.2, 0) is 32.1 Å². The van der Waals surface area contributed by atoms with Crippen LogP contribution in [0.5, 0.6) is 0 Å². The van der Waals surface area contributed by atoms with E-state index in [-0.39, 0.29) is 31.1 Å². The van der Waals surface area contributed by atoms with E-state index >= 15 is 0 Å². The standard InChI is InChI=1S/C13H17N3O4/c1-8(17)3-4-12(18)16-6-10-9(14-7-15-10)5-11(16)13(19)20-2/h7,11H,3-6H2,1-2H3,(H,14,15). The lowest BCUT2D eigenvalue weighted by molar-refractivity contribution is -0.154.